The molecule has 1 aromatic heterocycles. The van der Waals surface area contributed by atoms with Gasteiger partial charge in [-0.3, -0.25) is 4.79 Å². The van der Waals surface area contributed by atoms with Crippen molar-refractivity contribution in [1.29, 1.82) is 0 Å². The summed E-state index contributed by atoms with van der Waals surface area (Å²) in [4.78, 5) is 16.3. The van der Waals surface area contributed by atoms with Crippen LogP contribution in [0.2, 0.25) is 10.0 Å². The highest BCUT2D eigenvalue weighted by molar-refractivity contribution is 6.36. The molecule has 0 unspecified atom stereocenters. The Morgan fingerprint density at radius 2 is 1.84 bits per heavy atom. The van der Waals surface area contributed by atoms with Crippen LogP contribution in [0.25, 0.3) is 0 Å². The van der Waals surface area contributed by atoms with E-state index in [9.17, 15) is 9.18 Å². The van der Waals surface area contributed by atoms with Gasteiger partial charge in [0.15, 0.2) is 0 Å². The first-order valence-electron chi connectivity index (χ1n) is 7.26. The van der Waals surface area contributed by atoms with Gasteiger partial charge in [0.1, 0.15) is 11.5 Å². The fourth-order valence-electron chi connectivity index (χ4n) is 2.11. The molecule has 25 heavy (non-hydrogen) atoms. The van der Waals surface area contributed by atoms with Crippen LogP contribution in [0.3, 0.4) is 0 Å². The van der Waals surface area contributed by atoms with Crippen molar-refractivity contribution in [3.05, 3.63) is 82.4 Å². The van der Waals surface area contributed by atoms with Gasteiger partial charge in [0.2, 0.25) is 0 Å². The average molecular weight is 376 g/mol. The smallest absolute Gasteiger partial charge is 0.274 e. The van der Waals surface area contributed by atoms with Gasteiger partial charge in [-0.15, -0.1) is 0 Å². The van der Waals surface area contributed by atoms with Gasteiger partial charge in [-0.05, 0) is 48.5 Å². The summed E-state index contributed by atoms with van der Waals surface area (Å²) >= 11 is 11.9. The molecule has 0 radical (unpaired) electrons. The number of halogens is 3. The summed E-state index contributed by atoms with van der Waals surface area (Å²) in [5.41, 5.74) is 1.88. The Morgan fingerprint density at radius 3 is 2.52 bits per heavy atom. The number of benzene rings is 2. The van der Waals surface area contributed by atoms with E-state index in [1.165, 1.54) is 24.4 Å². The minimum Gasteiger partial charge on any atom is -0.354 e. The molecule has 126 valence electrons. The summed E-state index contributed by atoms with van der Waals surface area (Å²) in [6.45, 7) is 0. The third-order valence-corrected chi connectivity index (χ3v) is 3.84. The normalized spacial score (nSPS) is 10.4. The van der Waals surface area contributed by atoms with E-state index in [0.717, 1.165) is 0 Å². The molecular formula is C18H12Cl2FN3O. The summed E-state index contributed by atoms with van der Waals surface area (Å²) in [5, 5.41) is 6.49. The predicted octanol–water partition coefficient (Wildman–Crippen LogP) is 5.52. The van der Waals surface area contributed by atoms with Crippen LogP contribution in [0.1, 0.15) is 10.5 Å². The Hall–Kier alpha value is -2.63. The first-order valence-corrected chi connectivity index (χ1v) is 8.02. The second-order valence-corrected chi connectivity index (χ2v) is 5.99. The first-order chi connectivity index (χ1) is 12.0. The van der Waals surface area contributed by atoms with Gasteiger partial charge in [-0.25, -0.2) is 9.37 Å². The lowest BCUT2D eigenvalue weighted by Crippen LogP contribution is -2.13. The van der Waals surface area contributed by atoms with Crippen molar-refractivity contribution in [2.24, 2.45) is 0 Å². The largest absolute Gasteiger partial charge is 0.354 e. The third kappa shape index (κ3) is 4.47. The first kappa shape index (κ1) is 17.2. The molecule has 0 fully saturated rings. The molecule has 0 aliphatic rings. The zero-order chi connectivity index (χ0) is 17.8. The van der Waals surface area contributed by atoms with Crippen molar-refractivity contribution in [3.8, 4) is 0 Å². The zero-order valence-electron chi connectivity index (χ0n) is 12.8. The van der Waals surface area contributed by atoms with E-state index >= 15 is 0 Å². The molecule has 4 nitrogen and oxygen atoms in total. The lowest BCUT2D eigenvalue weighted by Gasteiger charge is -2.09. The maximum Gasteiger partial charge on any atom is 0.274 e. The van der Waals surface area contributed by atoms with Crippen molar-refractivity contribution in [3.63, 3.8) is 0 Å². The summed E-state index contributed by atoms with van der Waals surface area (Å²) in [7, 11) is 0. The van der Waals surface area contributed by atoms with Crippen molar-refractivity contribution < 1.29 is 9.18 Å². The number of hydrogen-bond donors (Lipinski definition) is 2. The highest BCUT2D eigenvalue weighted by Gasteiger charge is 2.10. The molecule has 2 N–H and O–H groups in total. The summed E-state index contributed by atoms with van der Waals surface area (Å²) < 4.78 is 13.2. The quantitative estimate of drug-likeness (QED) is 0.630. The van der Waals surface area contributed by atoms with Crippen LogP contribution in [0.15, 0.2) is 60.8 Å². The van der Waals surface area contributed by atoms with Gasteiger partial charge in [0.25, 0.3) is 5.91 Å². The summed E-state index contributed by atoms with van der Waals surface area (Å²) in [5.74, 6) is -0.740. The predicted molar refractivity (Wildman–Crippen MR) is 98.3 cm³/mol. The van der Waals surface area contributed by atoms with E-state index in [1.807, 2.05) is 0 Å². The zero-order valence-corrected chi connectivity index (χ0v) is 14.3. The Labute approximate surface area is 153 Å². The topological polar surface area (TPSA) is 54.0 Å². The number of anilines is 3. The molecule has 0 aliphatic heterocycles. The number of nitrogens with one attached hydrogen (secondary N) is 2. The number of nitrogens with zero attached hydrogens (tertiary/aromatic N) is 1. The number of carbonyl (C=O) groups excluding carboxylic acids is 1. The van der Waals surface area contributed by atoms with Crippen LogP contribution in [0, 0.1) is 5.82 Å². The minimum absolute atomic E-state index is 0.218. The number of aromatic nitrogens is 1. The lowest BCUT2D eigenvalue weighted by molar-refractivity contribution is 0.102. The molecule has 1 heterocycles. The third-order valence-electron chi connectivity index (χ3n) is 3.29. The summed E-state index contributed by atoms with van der Waals surface area (Å²) in [6.07, 6.45) is 1.49. The van der Waals surface area contributed by atoms with Crippen LogP contribution in [-0.4, -0.2) is 10.9 Å². The van der Waals surface area contributed by atoms with E-state index < -0.39 is 5.91 Å². The van der Waals surface area contributed by atoms with Crippen LogP contribution in [0.4, 0.5) is 21.5 Å². The molecule has 1 amide bonds. The second-order valence-electron chi connectivity index (χ2n) is 5.15. The summed E-state index contributed by atoms with van der Waals surface area (Å²) in [6, 6.07) is 14.1. The van der Waals surface area contributed by atoms with Crippen LogP contribution < -0.4 is 10.6 Å². The van der Waals surface area contributed by atoms with Gasteiger partial charge in [-0.1, -0.05) is 29.3 Å². The molecule has 0 aliphatic carbocycles. The van der Waals surface area contributed by atoms with Gasteiger partial charge in [-0.2, -0.15) is 0 Å². The van der Waals surface area contributed by atoms with Crippen LogP contribution in [0.5, 0.6) is 0 Å². The van der Waals surface area contributed by atoms with Gasteiger partial charge in [0.05, 0.1) is 22.6 Å². The highest BCUT2D eigenvalue weighted by atomic mass is 35.5. The molecule has 0 atom stereocenters. The van der Waals surface area contributed by atoms with Crippen molar-refractivity contribution in [2.45, 2.75) is 0 Å². The molecule has 3 rings (SSSR count). The molecule has 2 aromatic carbocycles. The Morgan fingerprint density at radius 1 is 1.00 bits per heavy atom. The second kappa shape index (κ2) is 7.51. The number of pyridine rings is 1. The number of amides is 1. The van der Waals surface area contributed by atoms with Gasteiger partial charge >= 0.3 is 0 Å². The number of carbonyl (C=O) groups is 1. The van der Waals surface area contributed by atoms with Crippen molar-refractivity contribution in [2.75, 3.05) is 10.6 Å². The number of rotatable bonds is 4. The highest BCUT2D eigenvalue weighted by Crippen LogP contribution is 2.25. The van der Waals surface area contributed by atoms with E-state index in [1.54, 1.807) is 36.4 Å². The van der Waals surface area contributed by atoms with Crippen LogP contribution in [-0.2, 0) is 0 Å². The van der Waals surface area contributed by atoms with Crippen LogP contribution >= 0.6 is 23.2 Å². The molecule has 0 saturated carbocycles. The standard InChI is InChI=1S/C18H12Cl2FN3O/c19-11-4-6-16(15(20)8-11)24-18(25)17-7-5-14(10-22-17)23-13-3-1-2-12(21)9-13/h1-10,23H,(H,24,25). The molecule has 0 saturated heterocycles. The monoisotopic (exact) mass is 375 g/mol. The minimum atomic E-state index is -0.401. The Kier molecular flexibility index (Phi) is 5.16. The van der Waals surface area contributed by atoms with Crippen molar-refractivity contribution in [1.82, 2.24) is 4.98 Å². The Bertz CT molecular complexity index is 916. The lowest BCUT2D eigenvalue weighted by atomic mass is 10.2. The molecule has 7 heteroatoms. The van der Waals surface area contributed by atoms with E-state index in [4.69, 9.17) is 23.2 Å². The molecule has 0 spiro atoms. The average Bonchev–Trinajstić information content (AvgIpc) is 2.58. The van der Waals surface area contributed by atoms with Crippen molar-refractivity contribution >= 4 is 46.2 Å². The van der Waals surface area contributed by atoms with Gasteiger partial charge < -0.3 is 10.6 Å². The molecule has 0 bridgehead atoms. The molecule has 3 aromatic rings. The fourth-order valence-corrected chi connectivity index (χ4v) is 2.57. The van der Waals surface area contributed by atoms with E-state index in [-0.39, 0.29) is 11.5 Å². The fraction of sp³-hybridized carbons (Fsp3) is 0. The number of hydrogen-bond acceptors (Lipinski definition) is 3. The Balaban J connectivity index is 1.70. The maximum atomic E-state index is 13.2. The van der Waals surface area contributed by atoms with E-state index in [0.29, 0.717) is 27.1 Å². The maximum absolute atomic E-state index is 13.2. The van der Waals surface area contributed by atoms with E-state index in [2.05, 4.69) is 15.6 Å². The SMILES string of the molecule is O=C(Nc1ccc(Cl)cc1Cl)c1ccc(Nc2cccc(F)c2)cn1. The van der Waals surface area contributed by atoms with Gasteiger partial charge in [0, 0.05) is 10.7 Å². The molecular weight excluding hydrogens is 364 g/mol.